The highest BCUT2D eigenvalue weighted by molar-refractivity contribution is 14.0. The summed E-state index contributed by atoms with van der Waals surface area (Å²) >= 11 is 1.63. The van der Waals surface area contributed by atoms with Crippen LogP contribution in [-0.2, 0) is 19.5 Å². The molecule has 2 aromatic rings. The maximum absolute atomic E-state index is 12.5. The molecule has 0 fully saturated rings. The quantitative estimate of drug-likeness (QED) is 0.345. The van der Waals surface area contributed by atoms with Crippen LogP contribution in [0.2, 0.25) is 0 Å². The number of halogens is 3. The molecule has 0 aliphatic heterocycles. The molecule has 1 heterocycles. The van der Waals surface area contributed by atoms with Crippen LogP contribution in [0.15, 0.2) is 28.6 Å². The highest BCUT2D eigenvalue weighted by atomic mass is 127. The van der Waals surface area contributed by atoms with Crippen molar-refractivity contribution < 1.29 is 13.5 Å². The third-order valence-corrected chi connectivity index (χ3v) is 4.48. The Morgan fingerprint density at radius 1 is 1.31 bits per heavy atom. The standard InChI is InChI=1S/C17H22F2N4OS.HI/c1-4-15-23-13(10-25-15)9-22-17(20-3)21-8-12-7-11(2)5-6-14(12)24-16(18)19;/h5-7,10,16H,4,8-9H2,1-3H3,(H2,20,21,22);1H. The molecule has 144 valence electrons. The molecular formula is C17H23F2IN4OS. The largest absolute Gasteiger partial charge is 0.434 e. The van der Waals surface area contributed by atoms with Crippen molar-refractivity contribution >= 4 is 41.3 Å². The average molecular weight is 496 g/mol. The lowest BCUT2D eigenvalue weighted by molar-refractivity contribution is -0.0504. The average Bonchev–Trinajstić information content (AvgIpc) is 3.05. The maximum Gasteiger partial charge on any atom is 0.387 e. The first-order valence-corrected chi connectivity index (χ1v) is 8.82. The predicted octanol–water partition coefficient (Wildman–Crippen LogP) is 4.10. The van der Waals surface area contributed by atoms with E-state index in [4.69, 9.17) is 0 Å². The molecule has 0 unspecified atom stereocenters. The number of aryl methyl sites for hydroxylation is 2. The van der Waals surface area contributed by atoms with Gasteiger partial charge in [0, 0.05) is 24.5 Å². The summed E-state index contributed by atoms with van der Waals surface area (Å²) in [6.45, 7) is 1.98. The van der Waals surface area contributed by atoms with Crippen LogP contribution in [0.5, 0.6) is 5.75 Å². The summed E-state index contributed by atoms with van der Waals surface area (Å²) < 4.78 is 29.6. The summed E-state index contributed by atoms with van der Waals surface area (Å²) in [6.07, 6.45) is 0.915. The molecule has 2 N–H and O–H groups in total. The maximum atomic E-state index is 12.5. The van der Waals surface area contributed by atoms with E-state index in [0.717, 1.165) is 22.7 Å². The van der Waals surface area contributed by atoms with Crippen molar-refractivity contribution in [2.45, 2.75) is 40.0 Å². The minimum absolute atomic E-state index is 0. The Balaban J connectivity index is 0.00000338. The van der Waals surface area contributed by atoms with Gasteiger partial charge in [0.25, 0.3) is 0 Å². The van der Waals surface area contributed by atoms with E-state index < -0.39 is 6.61 Å². The van der Waals surface area contributed by atoms with E-state index in [2.05, 4.69) is 32.3 Å². The Morgan fingerprint density at radius 3 is 2.65 bits per heavy atom. The van der Waals surface area contributed by atoms with Crippen LogP contribution in [-0.4, -0.2) is 24.6 Å². The summed E-state index contributed by atoms with van der Waals surface area (Å²) in [7, 11) is 1.65. The third kappa shape index (κ3) is 7.02. The number of alkyl halides is 2. The number of hydrogen-bond acceptors (Lipinski definition) is 4. The normalized spacial score (nSPS) is 11.2. The van der Waals surface area contributed by atoms with Crippen molar-refractivity contribution in [3.8, 4) is 5.75 Å². The molecule has 0 aliphatic carbocycles. The Morgan fingerprint density at radius 2 is 2.04 bits per heavy atom. The molecule has 0 radical (unpaired) electrons. The first-order chi connectivity index (χ1) is 12.0. The number of ether oxygens (including phenoxy) is 1. The Hall–Kier alpha value is -1.49. The number of aromatic nitrogens is 1. The molecule has 5 nitrogen and oxygen atoms in total. The highest BCUT2D eigenvalue weighted by Gasteiger charge is 2.10. The van der Waals surface area contributed by atoms with Gasteiger partial charge in [-0.2, -0.15) is 8.78 Å². The predicted molar refractivity (Wildman–Crippen MR) is 112 cm³/mol. The summed E-state index contributed by atoms with van der Waals surface area (Å²) in [4.78, 5) is 8.62. The van der Waals surface area contributed by atoms with Gasteiger partial charge in [-0.3, -0.25) is 4.99 Å². The molecule has 9 heteroatoms. The van der Waals surface area contributed by atoms with Crippen molar-refractivity contribution in [3.63, 3.8) is 0 Å². The minimum atomic E-state index is -2.85. The van der Waals surface area contributed by atoms with Crippen molar-refractivity contribution in [1.82, 2.24) is 15.6 Å². The van der Waals surface area contributed by atoms with Crippen LogP contribution in [0.1, 0.15) is 28.8 Å². The van der Waals surface area contributed by atoms with E-state index in [9.17, 15) is 8.78 Å². The highest BCUT2D eigenvalue weighted by Crippen LogP contribution is 2.22. The van der Waals surface area contributed by atoms with Crippen molar-refractivity contribution in [2.75, 3.05) is 7.05 Å². The Kier molecular flexibility index (Phi) is 9.78. The number of benzene rings is 1. The molecule has 0 bridgehead atoms. The molecule has 0 amide bonds. The molecule has 26 heavy (non-hydrogen) atoms. The molecule has 2 rings (SSSR count). The summed E-state index contributed by atoms with van der Waals surface area (Å²) in [6, 6.07) is 5.10. The Labute approximate surface area is 173 Å². The fourth-order valence-corrected chi connectivity index (χ4v) is 2.97. The lowest BCUT2D eigenvalue weighted by Gasteiger charge is -2.14. The topological polar surface area (TPSA) is 58.5 Å². The van der Waals surface area contributed by atoms with Gasteiger partial charge in [-0.15, -0.1) is 35.3 Å². The molecule has 1 aromatic heterocycles. The van der Waals surface area contributed by atoms with Crippen molar-refractivity contribution in [1.29, 1.82) is 0 Å². The van der Waals surface area contributed by atoms with Crippen molar-refractivity contribution in [2.24, 2.45) is 4.99 Å². The molecular weight excluding hydrogens is 473 g/mol. The number of hydrogen-bond donors (Lipinski definition) is 2. The molecule has 0 saturated carbocycles. The van der Waals surface area contributed by atoms with Crippen LogP contribution >= 0.6 is 35.3 Å². The molecule has 0 aliphatic rings. The van der Waals surface area contributed by atoms with Crippen LogP contribution in [0.3, 0.4) is 0 Å². The molecule has 1 aromatic carbocycles. The van der Waals surface area contributed by atoms with Crippen LogP contribution in [0.25, 0.3) is 0 Å². The molecule has 0 atom stereocenters. The van der Waals surface area contributed by atoms with Gasteiger partial charge in [-0.25, -0.2) is 4.98 Å². The van der Waals surface area contributed by atoms with Gasteiger partial charge < -0.3 is 15.4 Å². The van der Waals surface area contributed by atoms with Gasteiger partial charge in [-0.1, -0.05) is 24.6 Å². The van der Waals surface area contributed by atoms with E-state index in [0.29, 0.717) is 24.6 Å². The van der Waals surface area contributed by atoms with Crippen LogP contribution < -0.4 is 15.4 Å². The van der Waals surface area contributed by atoms with Crippen LogP contribution in [0, 0.1) is 6.92 Å². The monoisotopic (exact) mass is 496 g/mol. The van der Waals surface area contributed by atoms with Gasteiger partial charge in [0.1, 0.15) is 5.75 Å². The summed E-state index contributed by atoms with van der Waals surface area (Å²) in [5.74, 6) is 0.728. The van der Waals surface area contributed by atoms with E-state index >= 15 is 0 Å². The fraction of sp³-hybridized carbons (Fsp3) is 0.412. The second-order valence-corrected chi connectivity index (χ2v) is 6.30. The van der Waals surface area contributed by atoms with E-state index in [-0.39, 0.29) is 29.7 Å². The fourth-order valence-electron chi connectivity index (χ4n) is 2.22. The minimum Gasteiger partial charge on any atom is -0.434 e. The van der Waals surface area contributed by atoms with Crippen LogP contribution in [0.4, 0.5) is 8.78 Å². The number of rotatable bonds is 7. The number of guanidine groups is 1. The lowest BCUT2D eigenvalue weighted by Crippen LogP contribution is -2.36. The number of nitrogens with zero attached hydrogens (tertiary/aromatic N) is 2. The lowest BCUT2D eigenvalue weighted by atomic mass is 10.1. The number of nitrogens with one attached hydrogen (secondary N) is 2. The smallest absolute Gasteiger partial charge is 0.387 e. The zero-order valence-electron chi connectivity index (χ0n) is 14.9. The first-order valence-electron chi connectivity index (χ1n) is 7.94. The van der Waals surface area contributed by atoms with Gasteiger partial charge in [0.05, 0.1) is 17.2 Å². The Bertz CT molecular complexity index is 725. The van der Waals surface area contributed by atoms with E-state index in [1.807, 2.05) is 18.4 Å². The zero-order chi connectivity index (χ0) is 18.2. The van der Waals surface area contributed by atoms with Gasteiger partial charge >= 0.3 is 6.61 Å². The SMILES string of the molecule is CCc1nc(CNC(=NC)NCc2cc(C)ccc2OC(F)F)cs1.I. The van der Waals surface area contributed by atoms with Gasteiger partial charge in [0.2, 0.25) is 0 Å². The molecule has 0 spiro atoms. The number of thiazole rings is 1. The third-order valence-electron chi connectivity index (χ3n) is 3.44. The first kappa shape index (κ1) is 22.6. The summed E-state index contributed by atoms with van der Waals surface area (Å²) in [5.41, 5.74) is 2.56. The second-order valence-electron chi connectivity index (χ2n) is 5.36. The van der Waals surface area contributed by atoms with Gasteiger partial charge in [-0.05, 0) is 19.4 Å². The van der Waals surface area contributed by atoms with E-state index in [1.165, 1.54) is 0 Å². The van der Waals surface area contributed by atoms with Crippen molar-refractivity contribution in [3.05, 3.63) is 45.4 Å². The van der Waals surface area contributed by atoms with E-state index in [1.54, 1.807) is 30.5 Å². The van der Waals surface area contributed by atoms with Gasteiger partial charge in [0.15, 0.2) is 5.96 Å². The summed E-state index contributed by atoms with van der Waals surface area (Å²) in [5, 5.41) is 9.37. The second kappa shape index (κ2) is 11.3. The zero-order valence-corrected chi connectivity index (χ0v) is 18.0. The number of aliphatic imine (C=N–C) groups is 1. The molecule has 0 saturated heterocycles.